The fourth-order valence-corrected chi connectivity index (χ4v) is 3.58. The molecule has 24 heavy (non-hydrogen) atoms. The quantitative estimate of drug-likeness (QED) is 0.526. The number of hydrogen-bond acceptors (Lipinski definition) is 6. The van der Waals surface area contributed by atoms with Crippen LogP contribution in [0.2, 0.25) is 0 Å². The Labute approximate surface area is 149 Å². The molecule has 3 aromatic rings. The maximum Gasteiger partial charge on any atom is 0.236 e. The molecule has 0 bridgehead atoms. The lowest BCUT2D eigenvalue weighted by Crippen LogP contribution is -2.00. The largest absolute Gasteiger partial charge is 0.497 e. The van der Waals surface area contributed by atoms with Crippen molar-refractivity contribution in [2.75, 3.05) is 19.5 Å². The van der Waals surface area contributed by atoms with Crippen molar-refractivity contribution >= 4 is 23.1 Å². The Morgan fingerprint density at radius 2 is 1.96 bits per heavy atom. The fourth-order valence-electron chi connectivity index (χ4n) is 2.13. The Kier molecular flexibility index (Phi) is 5.82. The maximum absolute atomic E-state index is 5.75. The van der Waals surface area contributed by atoms with Crippen LogP contribution in [0.5, 0.6) is 11.5 Å². The molecular weight excluding hydrogens is 342 g/mol. The van der Waals surface area contributed by atoms with Gasteiger partial charge in [-0.1, -0.05) is 6.07 Å². The van der Waals surface area contributed by atoms with E-state index >= 15 is 0 Å². The highest BCUT2D eigenvalue weighted by molar-refractivity contribution is 7.98. The Morgan fingerprint density at radius 1 is 1.17 bits per heavy atom. The van der Waals surface area contributed by atoms with E-state index in [1.54, 1.807) is 30.2 Å². The molecule has 0 aliphatic heterocycles. The van der Waals surface area contributed by atoms with Crippen molar-refractivity contribution in [1.82, 2.24) is 4.98 Å². The number of oxazole rings is 1. The second kappa shape index (κ2) is 8.26. The monoisotopic (exact) mass is 361 g/mol. The summed E-state index contributed by atoms with van der Waals surface area (Å²) >= 11 is 3.43. The zero-order valence-corrected chi connectivity index (χ0v) is 15.3. The average molecular weight is 361 g/mol. The second-order valence-corrected chi connectivity index (χ2v) is 7.13. The molecule has 0 saturated carbocycles. The minimum Gasteiger partial charge on any atom is -0.497 e. The Bertz CT molecular complexity index is 751. The van der Waals surface area contributed by atoms with Gasteiger partial charge in [0.25, 0.3) is 0 Å². The highest BCUT2D eigenvalue weighted by Crippen LogP contribution is 2.27. The molecule has 3 rings (SSSR count). The average Bonchev–Trinajstić information content (AvgIpc) is 3.25. The molecule has 0 unspecified atom stereocenters. The number of ether oxygens (including phenoxy) is 2. The molecule has 126 valence electrons. The summed E-state index contributed by atoms with van der Waals surface area (Å²) in [4.78, 5) is 5.66. The molecular formula is C18H19NO3S2. The molecule has 0 spiro atoms. The highest BCUT2D eigenvalue weighted by Gasteiger charge is 2.11. The van der Waals surface area contributed by atoms with Gasteiger partial charge in [0.15, 0.2) is 0 Å². The van der Waals surface area contributed by atoms with Crippen LogP contribution in [-0.2, 0) is 5.75 Å². The molecule has 0 amide bonds. The molecule has 4 nitrogen and oxygen atoms in total. The Hall–Kier alpha value is -1.92. The smallest absolute Gasteiger partial charge is 0.236 e. The number of benzene rings is 1. The molecule has 2 aromatic heterocycles. The summed E-state index contributed by atoms with van der Waals surface area (Å²) in [5.74, 6) is 5.02. The molecule has 0 fully saturated rings. The first kappa shape index (κ1) is 16.9. The van der Waals surface area contributed by atoms with Gasteiger partial charge < -0.3 is 13.9 Å². The zero-order valence-electron chi connectivity index (χ0n) is 13.7. The van der Waals surface area contributed by atoms with Gasteiger partial charge in [-0.25, -0.2) is 4.98 Å². The van der Waals surface area contributed by atoms with Crippen LogP contribution in [0.3, 0.4) is 0 Å². The lowest BCUT2D eigenvalue weighted by atomic mass is 10.3. The predicted octanol–water partition coefficient (Wildman–Crippen LogP) is 5.03. The van der Waals surface area contributed by atoms with Crippen LogP contribution in [0.1, 0.15) is 11.5 Å². The molecule has 6 heteroatoms. The van der Waals surface area contributed by atoms with E-state index < -0.39 is 0 Å². The van der Waals surface area contributed by atoms with Crippen LogP contribution in [-0.4, -0.2) is 24.5 Å². The van der Waals surface area contributed by atoms with Gasteiger partial charge in [0.1, 0.15) is 17.3 Å². The predicted molar refractivity (Wildman–Crippen MR) is 99.2 cm³/mol. The topological polar surface area (TPSA) is 44.5 Å². The third-order valence-corrected chi connectivity index (χ3v) is 5.21. The summed E-state index contributed by atoms with van der Waals surface area (Å²) in [7, 11) is 1.66. The van der Waals surface area contributed by atoms with Crippen molar-refractivity contribution < 1.29 is 13.9 Å². The number of thioether (sulfide) groups is 1. The van der Waals surface area contributed by atoms with Crippen molar-refractivity contribution in [3.8, 4) is 22.3 Å². The summed E-state index contributed by atoms with van der Waals surface area (Å²) in [6.45, 7) is 2.62. The lowest BCUT2D eigenvalue weighted by Gasteiger charge is -2.06. The fraction of sp³-hybridized carbons (Fsp3) is 0.278. The number of aromatic nitrogens is 1. The molecule has 0 aliphatic rings. The third-order valence-electron chi connectivity index (χ3n) is 3.42. The van der Waals surface area contributed by atoms with E-state index in [0.717, 1.165) is 39.3 Å². The van der Waals surface area contributed by atoms with Crippen LogP contribution in [0.4, 0.5) is 0 Å². The Morgan fingerprint density at radius 3 is 2.67 bits per heavy atom. The number of thiophene rings is 1. The van der Waals surface area contributed by atoms with Crippen molar-refractivity contribution in [2.45, 2.75) is 12.7 Å². The van der Waals surface area contributed by atoms with E-state index in [2.05, 4.69) is 4.98 Å². The minimum absolute atomic E-state index is 0.658. The Balaban J connectivity index is 1.43. The third kappa shape index (κ3) is 4.33. The van der Waals surface area contributed by atoms with E-state index in [9.17, 15) is 0 Å². The van der Waals surface area contributed by atoms with Crippen LogP contribution in [0, 0.1) is 6.92 Å². The van der Waals surface area contributed by atoms with Gasteiger partial charge in [0.2, 0.25) is 5.89 Å². The first-order valence-corrected chi connectivity index (χ1v) is 9.64. The van der Waals surface area contributed by atoms with Crippen molar-refractivity contribution in [3.05, 3.63) is 53.2 Å². The maximum atomic E-state index is 5.75. The minimum atomic E-state index is 0.658. The van der Waals surface area contributed by atoms with Crippen molar-refractivity contribution in [3.63, 3.8) is 0 Å². The van der Waals surface area contributed by atoms with E-state index in [-0.39, 0.29) is 0 Å². The number of methoxy groups -OCH3 is 1. The molecule has 0 N–H and O–H groups in total. The number of rotatable bonds is 8. The summed E-state index contributed by atoms with van der Waals surface area (Å²) in [6, 6.07) is 11.7. The van der Waals surface area contributed by atoms with Crippen molar-refractivity contribution in [1.29, 1.82) is 0 Å². The van der Waals surface area contributed by atoms with Gasteiger partial charge >= 0.3 is 0 Å². The summed E-state index contributed by atoms with van der Waals surface area (Å²) in [6.07, 6.45) is 0. The number of nitrogens with zero attached hydrogens (tertiary/aromatic N) is 1. The number of hydrogen-bond donors (Lipinski definition) is 0. The summed E-state index contributed by atoms with van der Waals surface area (Å²) in [5, 5.41) is 2.03. The van der Waals surface area contributed by atoms with E-state index in [4.69, 9.17) is 13.9 Å². The highest BCUT2D eigenvalue weighted by atomic mass is 32.2. The summed E-state index contributed by atoms with van der Waals surface area (Å²) in [5.41, 5.74) is 1.01. The van der Waals surface area contributed by atoms with E-state index in [1.807, 2.05) is 48.7 Å². The van der Waals surface area contributed by atoms with Crippen LogP contribution in [0.15, 0.2) is 46.2 Å². The SMILES string of the molecule is COc1ccc(OCCSCc2nc(-c3cccs3)oc2C)cc1. The van der Waals surface area contributed by atoms with Crippen LogP contribution in [0.25, 0.3) is 10.8 Å². The molecule has 0 radical (unpaired) electrons. The van der Waals surface area contributed by atoms with Gasteiger partial charge in [-0.05, 0) is 42.6 Å². The van der Waals surface area contributed by atoms with Crippen LogP contribution < -0.4 is 9.47 Å². The summed E-state index contributed by atoms with van der Waals surface area (Å²) < 4.78 is 16.6. The number of aryl methyl sites for hydroxylation is 1. The van der Waals surface area contributed by atoms with Gasteiger partial charge in [0.05, 0.1) is 24.3 Å². The molecule has 0 aliphatic carbocycles. The lowest BCUT2D eigenvalue weighted by molar-refractivity contribution is 0.342. The van der Waals surface area contributed by atoms with Gasteiger partial charge in [-0.3, -0.25) is 0 Å². The first-order valence-electron chi connectivity index (χ1n) is 7.61. The molecule has 0 saturated heterocycles. The van der Waals surface area contributed by atoms with Gasteiger partial charge in [0, 0.05) is 11.5 Å². The van der Waals surface area contributed by atoms with Crippen molar-refractivity contribution in [2.24, 2.45) is 0 Å². The van der Waals surface area contributed by atoms with Gasteiger partial charge in [-0.2, -0.15) is 11.8 Å². The molecule has 2 heterocycles. The van der Waals surface area contributed by atoms with Gasteiger partial charge in [-0.15, -0.1) is 11.3 Å². The van der Waals surface area contributed by atoms with E-state index in [1.165, 1.54) is 0 Å². The first-order chi connectivity index (χ1) is 11.8. The van der Waals surface area contributed by atoms with E-state index in [0.29, 0.717) is 12.5 Å². The molecule has 1 aromatic carbocycles. The zero-order chi connectivity index (χ0) is 16.8. The molecule has 0 atom stereocenters. The standard InChI is InChI=1S/C18H19NO3S2/c1-13-16(19-18(22-13)17-4-3-10-24-17)12-23-11-9-21-15-7-5-14(20-2)6-8-15/h3-8,10H,9,11-12H2,1-2H3. The normalized spacial score (nSPS) is 10.8. The second-order valence-electron chi connectivity index (χ2n) is 5.08. The van der Waals surface area contributed by atoms with Crippen LogP contribution >= 0.6 is 23.1 Å².